The fourth-order valence-electron chi connectivity index (χ4n) is 1.66. The number of nitrogens with zero attached hydrogens (tertiary/aromatic N) is 4. The van der Waals surface area contributed by atoms with E-state index >= 15 is 0 Å². The molecule has 1 aliphatic rings. The van der Waals surface area contributed by atoms with Crippen molar-refractivity contribution in [2.75, 3.05) is 5.32 Å². The molecular formula is C9H7N5O2S. The number of carboxylic acid groups (broad SMARTS) is 1. The van der Waals surface area contributed by atoms with E-state index in [1.165, 1.54) is 0 Å². The van der Waals surface area contributed by atoms with Gasteiger partial charge in [-0.2, -0.15) is 16.0 Å². The minimum Gasteiger partial charge on any atom is -0.477 e. The van der Waals surface area contributed by atoms with Crippen molar-refractivity contribution >= 4 is 23.3 Å². The van der Waals surface area contributed by atoms with Crippen molar-refractivity contribution in [2.45, 2.75) is 6.04 Å². The SMILES string of the molecule is O=C(O)C1=C[C@@H](c2ccsc2)n2nnnc2N1. The highest BCUT2D eigenvalue weighted by Gasteiger charge is 2.26. The first kappa shape index (κ1) is 9.97. The zero-order chi connectivity index (χ0) is 11.8. The first-order valence-electron chi connectivity index (χ1n) is 4.78. The van der Waals surface area contributed by atoms with Gasteiger partial charge in [0.05, 0.1) is 0 Å². The molecule has 0 bridgehead atoms. The summed E-state index contributed by atoms with van der Waals surface area (Å²) in [4.78, 5) is 11.0. The lowest BCUT2D eigenvalue weighted by Gasteiger charge is -2.20. The van der Waals surface area contributed by atoms with E-state index < -0.39 is 5.97 Å². The van der Waals surface area contributed by atoms with Crippen LogP contribution in [0.15, 0.2) is 28.6 Å². The Morgan fingerprint density at radius 1 is 1.59 bits per heavy atom. The highest BCUT2D eigenvalue weighted by molar-refractivity contribution is 7.08. The van der Waals surface area contributed by atoms with Crippen LogP contribution in [0, 0.1) is 0 Å². The maximum atomic E-state index is 11.0. The summed E-state index contributed by atoms with van der Waals surface area (Å²) in [5, 5.41) is 26.7. The van der Waals surface area contributed by atoms with E-state index in [0.717, 1.165) is 5.56 Å². The van der Waals surface area contributed by atoms with Gasteiger partial charge in [0.1, 0.15) is 11.7 Å². The van der Waals surface area contributed by atoms with E-state index in [9.17, 15) is 4.79 Å². The normalized spacial score (nSPS) is 18.1. The number of nitrogens with one attached hydrogen (secondary N) is 1. The Morgan fingerprint density at radius 3 is 3.18 bits per heavy atom. The molecule has 0 saturated heterocycles. The van der Waals surface area contributed by atoms with E-state index in [1.54, 1.807) is 22.1 Å². The molecule has 7 nitrogen and oxygen atoms in total. The molecule has 8 heteroatoms. The molecule has 2 N–H and O–H groups in total. The quantitative estimate of drug-likeness (QED) is 0.814. The van der Waals surface area contributed by atoms with Crippen molar-refractivity contribution in [3.63, 3.8) is 0 Å². The standard InChI is InChI=1S/C9H7N5O2S/c15-8(16)6-3-7(5-1-2-17-4-5)14-9(10-6)11-12-13-14/h1-4,7H,(H,15,16)(H,10,11,13)/t7-/m0/s1. The van der Waals surface area contributed by atoms with Crippen molar-refractivity contribution in [1.82, 2.24) is 20.2 Å². The molecule has 0 aromatic carbocycles. The molecule has 0 radical (unpaired) electrons. The number of rotatable bonds is 2. The zero-order valence-corrected chi connectivity index (χ0v) is 9.26. The molecule has 0 spiro atoms. The summed E-state index contributed by atoms with van der Waals surface area (Å²) in [5.41, 5.74) is 1.05. The smallest absolute Gasteiger partial charge is 0.352 e. The lowest BCUT2D eigenvalue weighted by Crippen LogP contribution is -2.24. The fourth-order valence-corrected chi connectivity index (χ4v) is 2.35. The van der Waals surface area contributed by atoms with Gasteiger partial charge in [-0.3, -0.25) is 0 Å². The molecule has 2 aromatic heterocycles. The third-order valence-corrected chi connectivity index (χ3v) is 3.14. The van der Waals surface area contributed by atoms with Gasteiger partial charge in [0, 0.05) is 0 Å². The molecule has 0 fully saturated rings. The van der Waals surface area contributed by atoms with E-state index in [4.69, 9.17) is 5.11 Å². The number of hydrogen-bond acceptors (Lipinski definition) is 6. The van der Waals surface area contributed by atoms with Gasteiger partial charge in [0.25, 0.3) is 0 Å². The Balaban J connectivity index is 2.10. The van der Waals surface area contributed by atoms with Gasteiger partial charge in [-0.25, -0.2) is 4.79 Å². The lowest BCUT2D eigenvalue weighted by atomic mass is 10.1. The van der Waals surface area contributed by atoms with Crippen LogP contribution in [0.1, 0.15) is 11.6 Å². The average Bonchev–Trinajstić information content (AvgIpc) is 2.98. The second-order valence-corrected chi connectivity index (χ2v) is 4.24. The molecular weight excluding hydrogens is 242 g/mol. The largest absolute Gasteiger partial charge is 0.477 e. The molecule has 0 aliphatic carbocycles. The van der Waals surface area contributed by atoms with Crippen LogP contribution in [0.4, 0.5) is 5.95 Å². The Morgan fingerprint density at radius 2 is 2.47 bits per heavy atom. The maximum Gasteiger partial charge on any atom is 0.352 e. The number of carbonyl (C=O) groups is 1. The van der Waals surface area contributed by atoms with Crippen molar-refractivity contribution in [3.05, 3.63) is 34.2 Å². The molecule has 86 valence electrons. The van der Waals surface area contributed by atoms with Crippen molar-refractivity contribution in [2.24, 2.45) is 0 Å². The lowest BCUT2D eigenvalue weighted by molar-refractivity contribution is -0.132. The highest BCUT2D eigenvalue weighted by atomic mass is 32.1. The molecule has 1 aliphatic heterocycles. The van der Waals surface area contributed by atoms with Crippen molar-refractivity contribution < 1.29 is 9.90 Å². The minimum absolute atomic E-state index is 0.0866. The van der Waals surface area contributed by atoms with Crippen LogP contribution >= 0.6 is 11.3 Å². The van der Waals surface area contributed by atoms with E-state index in [0.29, 0.717) is 5.95 Å². The van der Waals surface area contributed by atoms with Crippen LogP contribution in [0.5, 0.6) is 0 Å². The predicted molar refractivity (Wildman–Crippen MR) is 59.6 cm³/mol. The molecule has 0 amide bonds. The number of carboxylic acids is 1. The maximum absolute atomic E-state index is 11.0. The fraction of sp³-hybridized carbons (Fsp3) is 0.111. The van der Waals surface area contributed by atoms with Crippen LogP contribution in [0.25, 0.3) is 0 Å². The number of fused-ring (bicyclic) bond motifs is 1. The van der Waals surface area contributed by atoms with E-state index in [2.05, 4.69) is 20.8 Å². The van der Waals surface area contributed by atoms with Crippen molar-refractivity contribution in [3.8, 4) is 0 Å². The predicted octanol–water partition coefficient (Wildman–Crippen LogP) is 0.718. The van der Waals surface area contributed by atoms with Crippen LogP contribution < -0.4 is 5.32 Å². The summed E-state index contributed by atoms with van der Waals surface area (Å²) >= 11 is 1.54. The van der Waals surface area contributed by atoms with Gasteiger partial charge >= 0.3 is 5.97 Å². The van der Waals surface area contributed by atoms with Gasteiger partial charge in [-0.05, 0) is 38.9 Å². The first-order valence-corrected chi connectivity index (χ1v) is 5.72. The number of hydrogen-bond donors (Lipinski definition) is 2. The Kier molecular flexibility index (Phi) is 2.15. The molecule has 1 atom stereocenters. The monoisotopic (exact) mass is 249 g/mol. The van der Waals surface area contributed by atoms with Gasteiger partial charge < -0.3 is 10.4 Å². The summed E-state index contributed by atoms with van der Waals surface area (Å²) in [6.45, 7) is 0. The average molecular weight is 249 g/mol. The van der Waals surface area contributed by atoms with Crippen LogP contribution in [0.2, 0.25) is 0 Å². The van der Waals surface area contributed by atoms with E-state index in [1.807, 2.05) is 16.8 Å². The second kappa shape index (κ2) is 3.67. The Labute approximate surface area is 99.4 Å². The number of thiophene rings is 1. The van der Waals surface area contributed by atoms with Crippen LogP contribution in [-0.2, 0) is 4.79 Å². The summed E-state index contributed by atoms with van der Waals surface area (Å²) < 4.78 is 1.55. The molecule has 3 heterocycles. The summed E-state index contributed by atoms with van der Waals surface area (Å²) in [6, 6.07) is 1.64. The summed E-state index contributed by atoms with van der Waals surface area (Å²) in [7, 11) is 0. The molecule has 0 unspecified atom stereocenters. The molecule has 3 rings (SSSR count). The topological polar surface area (TPSA) is 92.9 Å². The molecule has 17 heavy (non-hydrogen) atoms. The minimum atomic E-state index is -1.03. The van der Waals surface area contributed by atoms with Gasteiger partial charge in [-0.1, -0.05) is 5.10 Å². The first-order chi connectivity index (χ1) is 8.25. The molecule has 2 aromatic rings. The highest BCUT2D eigenvalue weighted by Crippen LogP contribution is 2.28. The number of anilines is 1. The third kappa shape index (κ3) is 1.58. The van der Waals surface area contributed by atoms with E-state index in [-0.39, 0.29) is 11.7 Å². The number of allylic oxidation sites excluding steroid dienone is 1. The van der Waals surface area contributed by atoms with Crippen LogP contribution in [0.3, 0.4) is 0 Å². The Bertz CT molecular complexity index is 588. The zero-order valence-electron chi connectivity index (χ0n) is 8.44. The van der Waals surface area contributed by atoms with Crippen LogP contribution in [-0.4, -0.2) is 31.3 Å². The van der Waals surface area contributed by atoms with Gasteiger partial charge in [0.2, 0.25) is 5.95 Å². The second-order valence-electron chi connectivity index (χ2n) is 3.46. The third-order valence-electron chi connectivity index (χ3n) is 2.44. The van der Waals surface area contributed by atoms with Crippen molar-refractivity contribution in [1.29, 1.82) is 0 Å². The summed E-state index contributed by atoms with van der Waals surface area (Å²) in [5.74, 6) is -0.694. The number of tetrazole rings is 1. The van der Waals surface area contributed by atoms with Gasteiger partial charge in [-0.15, -0.1) is 0 Å². The summed E-state index contributed by atoms with van der Waals surface area (Å²) in [6.07, 6.45) is 1.59. The Hall–Kier alpha value is -2.22. The van der Waals surface area contributed by atoms with Gasteiger partial charge in [0.15, 0.2) is 0 Å². The number of aromatic nitrogens is 4. The number of aliphatic carboxylic acids is 1. The molecule has 0 saturated carbocycles.